The number of benzene rings is 1. The summed E-state index contributed by atoms with van der Waals surface area (Å²) in [7, 11) is 0. The Morgan fingerprint density at radius 1 is 1.31 bits per heavy atom. The van der Waals surface area contributed by atoms with E-state index in [-0.39, 0.29) is 10.6 Å². The number of aryl methyl sites for hydroxylation is 1. The molecular weight excluding hydrogens is 170 g/mol. The van der Waals surface area contributed by atoms with Crippen molar-refractivity contribution in [2.24, 2.45) is 0 Å². The molecule has 13 heavy (non-hydrogen) atoms. The van der Waals surface area contributed by atoms with Gasteiger partial charge in [-0.3, -0.25) is 10.1 Å². The Hall–Kier alpha value is -1.96. The van der Waals surface area contributed by atoms with Crippen molar-refractivity contribution < 1.29 is 4.92 Å². The van der Waals surface area contributed by atoms with Gasteiger partial charge in [-0.05, 0) is 12.0 Å². The summed E-state index contributed by atoms with van der Waals surface area (Å²) >= 11 is 0. The molecule has 1 aromatic rings. The van der Waals surface area contributed by atoms with Crippen molar-refractivity contribution in [2.45, 2.75) is 13.3 Å². The maximum absolute atomic E-state index is 10.2. The first kappa shape index (κ1) is 11.0. The Morgan fingerprint density at radius 2 is 1.77 bits per heavy atom. The van der Waals surface area contributed by atoms with Gasteiger partial charge < -0.3 is 0 Å². The molecule has 0 aromatic heterocycles. The third kappa shape index (κ3) is 3.29. The van der Waals surface area contributed by atoms with Gasteiger partial charge in [-0.1, -0.05) is 19.1 Å². The summed E-state index contributed by atoms with van der Waals surface area (Å²) in [5, 5.41) is 22.2. The van der Waals surface area contributed by atoms with E-state index < -0.39 is 0 Å². The van der Waals surface area contributed by atoms with Crippen LogP contribution < -0.4 is 0 Å². The Kier molecular flexibility index (Phi) is 4.81. The molecule has 0 unspecified atom stereocenters. The molecule has 0 saturated heterocycles. The quantitative estimate of drug-likeness (QED) is 0.395. The molecular formula is C8H9N3O2. The standard InChI is InChI=1S/C8H9NO2.N2/c1-2-7-3-5-8(6-4-7)9(10)11;1-2/h3-6H,2H2,1H3;. The molecule has 0 radical (unpaired) electrons. The molecule has 0 amide bonds. The number of nitro benzene ring substituents is 1. The Bertz CT molecular complexity index is 292. The fourth-order valence-electron chi connectivity index (χ4n) is 0.853. The molecule has 0 heterocycles. The Balaban J connectivity index is 0.000000671. The van der Waals surface area contributed by atoms with Gasteiger partial charge in [0.05, 0.1) is 4.92 Å². The van der Waals surface area contributed by atoms with Crippen LogP contribution >= 0.6 is 0 Å². The van der Waals surface area contributed by atoms with E-state index in [1.165, 1.54) is 12.1 Å². The lowest BCUT2D eigenvalue weighted by Gasteiger charge is -1.93. The summed E-state index contributed by atoms with van der Waals surface area (Å²) in [6, 6.07) is 6.61. The monoisotopic (exact) mass is 179 g/mol. The third-order valence-corrected chi connectivity index (χ3v) is 1.56. The SMILES string of the molecule is CCc1ccc([N+](=O)[O-])cc1.N#N. The summed E-state index contributed by atoms with van der Waals surface area (Å²) in [5.41, 5.74) is 1.28. The van der Waals surface area contributed by atoms with Crippen molar-refractivity contribution in [3.05, 3.63) is 39.9 Å². The number of non-ortho nitro benzene ring substituents is 1. The first-order chi connectivity index (χ1) is 6.24. The minimum Gasteiger partial charge on any atom is -0.258 e. The van der Waals surface area contributed by atoms with E-state index >= 15 is 0 Å². The van der Waals surface area contributed by atoms with Crippen molar-refractivity contribution in [3.8, 4) is 0 Å². The van der Waals surface area contributed by atoms with Crippen LogP contribution in [-0.4, -0.2) is 4.92 Å². The Labute approximate surface area is 75.6 Å². The molecule has 5 nitrogen and oxygen atoms in total. The van der Waals surface area contributed by atoms with Crippen LogP contribution in [0.2, 0.25) is 0 Å². The van der Waals surface area contributed by atoms with Crippen LogP contribution in [0.3, 0.4) is 0 Å². The van der Waals surface area contributed by atoms with Crippen molar-refractivity contribution >= 4 is 5.69 Å². The third-order valence-electron chi connectivity index (χ3n) is 1.56. The van der Waals surface area contributed by atoms with Gasteiger partial charge in [-0.2, -0.15) is 0 Å². The van der Waals surface area contributed by atoms with Crippen LogP contribution in [-0.2, 0) is 6.42 Å². The first-order valence-corrected chi connectivity index (χ1v) is 3.67. The zero-order valence-electron chi connectivity index (χ0n) is 7.17. The van der Waals surface area contributed by atoms with Crippen LogP contribution in [0.15, 0.2) is 24.3 Å². The molecule has 0 atom stereocenters. The zero-order valence-corrected chi connectivity index (χ0v) is 7.17. The van der Waals surface area contributed by atoms with Crippen LogP contribution in [0.1, 0.15) is 12.5 Å². The van der Waals surface area contributed by atoms with Gasteiger partial charge in [0.25, 0.3) is 5.69 Å². The smallest absolute Gasteiger partial charge is 0.258 e. The van der Waals surface area contributed by atoms with Crippen molar-refractivity contribution in [1.82, 2.24) is 0 Å². The molecule has 68 valence electrons. The predicted octanol–water partition coefficient (Wildman–Crippen LogP) is 2.19. The van der Waals surface area contributed by atoms with E-state index in [2.05, 4.69) is 0 Å². The highest BCUT2D eigenvalue weighted by Gasteiger charge is 2.01. The highest BCUT2D eigenvalue weighted by molar-refractivity contribution is 5.32. The van der Waals surface area contributed by atoms with Crippen LogP contribution in [0.4, 0.5) is 5.69 Å². The summed E-state index contributed by atoms with van der Waals surface area (Å²) < 4.78 is 0. The van der Waals surface area contributed by atoms with Crippen molar-refractivity contribution in [3.63, 3.8) is 0 Å². The molecule has 0 bridgehead atoms. The maximum atomic E-state index is 10.2. The van der Waals surface area contributed by atoms with Gasteiger partial charge in [0, 0.05) is 22.9 Å². The van der Waals surface area contributed by atoms with Gasteiger partial charge in [0.2, 0.25) is 0 Å². The summed E-state index contributed by atoms with van der Waals surface area (Å²) in [6.07, 6.45) is 0.915. The number of hydrogen-bond acceptors (Lipinski definition) is 4. The minimum absolute atomic E-state index is 0.155. The summed E-state index contributed by atoms with van der Waals surface area (Å²) in [5.74, 6) is 0. The van der Waals surface area contributed by atoms with Gasteiger partial charge >= 0.3 is 0 Å². The Morgan fingerprint density at radius 3 is 2.08 bits per heavy atom. The second kappa shape index (κ2) is 5.66. The molecule has 5 heteroatoms. The van der Waals surface area contributed by atoms with Gasteiger partial charge in [-0.25, -0.2) is 0 Å². The average molecular weight is 179 g/mol. The highest BCUT2D eigenvalue weighted by Crippen LogP contribution is 2.11. The molecule has 0 N–H and O–H groups in total. The molecule has 0 aliphatic carbocycles. The van der Waals surface area contributed by atoms with E-state index in [9.17, 15) is 10.1 Å². The highest BCUT2D eigenvalue weighted by atomic mass is 16.6. The molecule has 0 fully saturated rings. The number of nitrogens with zero attached hydrogens (tertiary/aromatic N) is 3. The van der Waals surface area contributed by atoms with Crippen LogP contribution in [0, 0.1) is 20.9 Å². The van der Waals surface area contributed by atoms with Crippen molar-refractivity contribution in [2.75, 3.05) is 0 Å². The van der Waals surface area contributed by atoms with E-state index in [0.717, 1.165) is 12.0 Å². The lowest BCUT2D eigenvalue weighted by molar-refractivity contribution is -0.384. The van der Waals surface area contributed by atoms with Crippen molar-refractivity contribution in [1.29, 1.82) is 10.8 Å². The van der Waals surface area contributed by atoms with Crippen LogP contribution in [0.25, 0.3) is 0 Å². The molecule has 0 spiro atoms. The fourth-order valence-corrected chi connectivity index (χ4v) is 0.853. The van der Waals surface area contributed by atoms with E-state index in [1.54, 1.807) is 12.1 Å². The molecule has 0 aliphatic rings. The van der Waals surface area contributed by atoms with E-state index in [0.29, 0.717) is 0 Å². The number of nitro groups is 1. The average Bonchev–Trinajstić information content (AvgIpc) is 2.21. The molecule has 0 aliphatic heterocycles. The van der Waals surface area contributed by atoms with E-state index in [4.69, 9.17) is 10.8 Å². The zero-order chi connectivity index (χ0) is 10.3. The number of rotatable bonds is 2. The predicted molar refractivity (Wildman–Crippen MR) is 45.9 cm³/mol. The normalized spacial score (nSPS) is 8.23. The van der Waals surface area contributed by atoms with Gasteiger partial charge in [-0.15, -0.1) is 0 Å². The van der Waals surface area contributed by atoms with Gasteiger partial charge in [0.1, 0.15) is 0 Å². The lowest BCUT2D eigenvalue weighted by Crippen LogP contribution is -1.87. The van der Waals surface area contributed by atoms with E-state index in [1.807, 2.05) is 6.92 Å². The fraction of sp³-hybridized carbons (Fsp3) is 0.250. The van der Waals surface area contributed by atoms with Crippen LogP contribution in [0.5, 0.6) is 0 Å². The number of hydrogen-bond donors (Lipinski definition) is 0. The second-order valence-electron chi connectivity index (χ2n) is 2.28. The second-order valence-corrected chi connectivity index (χ2v) is 2.28. The lowest BCUT2D eigenvalue weighted by atomic mass is 10.2. The molecule has 1 aromatic carbocycles. The summed E-state index contributed by atoms with van der Waals surface area (Å²) in [6.45, 7) is 2.02. The molecule has 0 saturated carbocycles. The topological polar surface area (TPSA) is 90.7 Å². The minimum atomic E-state index is -0.389. The summed E-state index contributed by atoms with van der Waals surface area (Å²) in [4.78, 5) is 9.82. The van der Waals surface area contributed by atoms with Gasteiger partial charge in [0.15, 0.2) is 0 Å². The maximum Gasteiger partial charge on any atom is 0.269 e. The first-order valence-electron chi connectivity index (χ1n) is 3.67. The molecule has 1 rings (SSSR count). The largest absolute Gasteiger partial charge is 0.269 e.